The summed E-state index contributed by atoms with van der Waals surface area (Å²) in [5.74, 6) is 1.67. The van der Waals surface area contributed by atoms with Crippen molar-refractivity contribution >= 4 is 5.91 Å². The summed E-state index contributed by atoms with van der Waals surface area (Å²) in [5, 5.41) is 2.74. The molecule has 1 aromatic rings. The van der Waals surface area contributed by atoms with Gasteiger partial charge in [0.2, 0.25) is 5.91 Å². The number of rotatable bonds is 3. The summed E-state index contributed by atoms with van der Waals surface area (Å²) in [6, 6.07) is 6.82. The van der Waals surface area contributed by atoms with E-state index in [1.54, 1.807) is 7.05 Å². The fourth-order valence-electron chi connectivity index (χ4n) is 2.95. The number of amides is 1. The zero-order chi connectivity index (χ0) is 13.3. The van der Waals surface area contributed by atoms with E-state index in [9.17, 15) is 4.79 Å². The van der Waals surface area contributed by atoms with E-state index in [2.05, 4.69) is 44.3 Å². The summed E-state index contributed by atoms with van der Waals surface area (Å²) >= 11 is 0. The molecule has 0 aliphatic heterocycles. The highest BCUT2D eigenvalue weighted by atomic mass is 16.1. The molecule has 0 saturated carbocycles. The van der Waals surface area contributed by atoms with Crippen molar-refractivity contribution in [1.82, 2.24) is 5.32 Å². The Morgan fingerprint density at radius 3 is 2.72 bits per heavy atom. The molecule has 18 heavy (non-hydrogen) atoms. The molecule has 0 spiro atoms. The van der Waals surface area contributed by atoms with E-state index in [0.29, 0.717) is 24.2 Å². The second kappa shape index (κ2) is 5.13. The predicted octanol–water partition coefficient (Wildman–Crippen LogP) is 3.54. The van der Waals surface area contributed by atoms with Crippen molar-refractivity contribution in [3.8, 4) is 0 Å². The van der Waals surface area contributed by atoms with Crippen molar-refractivity contribution in [2.45, 2.75) is 51.4 Å². The second-order valence-electron chi connectivity index (χ2n) is 5.75. The van der Waals surface area contributed by atoms with Crippen LogP contribution in [0.4, 0.5) is 0 Å². The molecule has 1 aliphatic carbocycles. The van der Waals surface area contributed by atoms with Crippen molar-refractivity contribution in [2.75, 3.05) is 7.05 Å². The summed E-state index contributed by atoms with van der Waals surface area (Å²) in [7, 11) is 1.71. The summed E-state index contributed by atoms with van der Waals surface area (Å²) in [4.78, 5) is 11.6. The van der Waals surface area contributed by atoms with Crippen LogP contribution in [0.1, 0.15) is 68.1 Å². The van der Waals surface area contributed by atoms with Gasteiger partial charge in [0.05, 0.1) is 0 Å². The molecule has 1 N–H and O–H groups in total. The van der Waals surface area contributed by atoms with Gasteiger partial charge in [0.15, 0.2) is 0 Å². The highest BCUT2D eigenvalue weighted by Gasteiger charge is 2.29. The fraction of sp³-hybridized carbons (Fsp3) is 0.562. The normalized spacial score (nSPS) is 22.1. The van der Waals surface area contributed by atoms with Crippen molar-refractivity contribution < 1.29 is 4.79 Å². The molecule has 0 aromatic heterocycles. The SMILES string of the molecule is CNC(=O)CC1CC(C)c2ccc(C(C)C)cc21. The largest absolute Gasteiger partial charge is 0.359 e. The number of carbonyl (C=O) groups is 1. The number of hydrogen-bond acceptors (Lipinski definition) is 1. The molecule has 1 aliphatic rings. The average Bonchev–Trinajstić information content (AvgIpc) is 2.65. The topological polar surface area (TPSA) is 29.1 Å². The van der Waals surface area contributed by atoms with Gasteiger partial charge in [0.25, 0.3) is 0 Å². The number of carbonyl (C=O) groups excluding carboxylic acids is 1. The molecule has 2 heteroatoms. The predicted molar refractivity (Wildman–Crippen MR) is 75.0 cm³/mol. The number of nitrogens with one attached hydrogen (secondary N) is 1. The van der Waals surface area contributed by atoms with Crippen LogP contribution in [0.5, 0.6) is 0 Å². The molecule has 1 aromatic carbocycles. The monoisotopic (exact) mass is 245 g/mol. The molecule has 2 atom stereocenters. The van der Waals surface area contributed by atoms with Crippen LogP contribution in [0.25, 0.3) is 0 Å². The zero-order valence-electron chi connectivity index (χ0n) is 11.8. The van der Waals surface area contributed by atoms with Crippen LogP contribution >= 0.6 is 0 Å². The van der Waals surface area contributed by atoms with E-state index in [1.807, 2.05) is 0 Å². The van der Waals surface area contributed by atoms with Gasteiger partial charge in [-0.05, 0) is 40.9 Å². The maximum absolute atomic E-state index is 11.6. The van der Waals surface area contributed by atoms with Gasteiger partial charge in [-0.25, -0.2) is 0 Å². The first kappa shape index (κ1) is 13.1. The average molecular weight is 245 g/mol. The summed E-state index contributed by atoms with van der Waals surface area (Å²) in [6.07, 6.45) is 1.72. The standard InChI is InChI=1S/C16H23NO/c1-10(2)12-5-6-14-11(3)7-13(15(14)8-12)9-16(18)17-4/h5-6,8,10-11,13H,7,9H2,1-4H3,(H,17,18). The van der Waals surface area contributed by atoms with E-state index >= 15 is 0 Å². The van der Waals surface area contributed by atoms with Gasteiger partial charge in [-0.1, -0.05) is 39.0 Å². The van der Waals surface area contributed by atoms with Crippen LogP contribution in [0.3, 0.4) is 0 Å². The molecular weight excluding hydrogens is 222 g/mol. The molecule has 98 valence electrons. The Morgan fingerprint density at radius 1 is 1.39 bits per heavy atom. The third kappa shape index (κ3) is 2.43. The Balaban J connectivity index is 2.30. The maximum atomic E-state index is 11.6. The van der Waals surface area contributed by atoms with E-state index in [4.69, 9.17) is 0 Å². The minimum atomic E-state index is 0.148. The summed E-state index contributed by atoms with van der Waals surface area (Å²) < 4.78 is 0. The highest BCUT2D eigenvalue weighted by Crippen LogP contribution is 2.44. The lowest BCUT2D eigenvalue weighted by Crippen LogP contribution is -2.19. The summed E-state index contributed by atoms with van der Waals surface area (Å²) in [6.45, 7) is 6.69. The molecule has 0 fully saturated rings. The highest BCUT2D eigenvalue weighted by molar-refractivity contribution is 5.76. The van der Waals surface area contributed by atoms with Crippen molar-refractivity contribution in [2.24, 2.45) is 0 Å². The van der Waals surface area contributed by atoms with E-state index < -0.39 is 0 Å². The zero-order valence-corrected chi connectivity index (χ0v) is 11.8. The summed E-state index contributed by atoms with van der Waals surface area (Å²) in [5.41, 5.74) is 4.22. The molecule has 0 radical (unpaired) electrons. The third-order valence-corrected chi connectivity index (χ3v) is 4.10. The molecule has 0 bridgehead atoms. The first-order valence-corrected chi connectivity index (χ1v) is 6.87. The van der Waals surface area contributed by atoms with Gasteiger partial charge in [0, 0.05) is 13.5 Å². The minimum Gasteiger partial charge on any atom is -0.359 e. The lowest BCUT2D eigenvalue weighted by atomic mass is 9.93. The van der Waals surface area contributed by atoms with Crippen LogP contribution in [0, 0.1) is 0 Å². The molecular formula is C16H23NO. The Hall–Kier alpha value is -1.31. The lowest BCUT2D eigenvalue weighted by molar-refractivity contribution is -0.121. The van der Waals surface area contributed by atoms with Crippen LogP contribution in [0.15, 0.2) is 18.2 Å². The smallest absolute Gasteiger partial charge is 0.220 e. The van der Waals surface area contributed by atoms with Gasteiger partial charge in [-0.3, -0.25) is 4.79 Å². The first-order valence-electron chi connectivity index (χ1n) is 6.87. The van der Waals surface area contributed by atoms with Crippen LogP contribution < -0.4 is 5.32 Å². The van der Waals surface area contributed by atoms with Crippen molar-refractivity contribution in [3.63, 3.8) is 0 Å². The number of hydrogen-bond donors (Lipinski definition) is 1. The Kier molecular flexibility index (Phi) is 3.74. The Bertz CT molecular complexity index is 450. The van der Waals surface area contributed by atoms with E-state index in [-0.39, 0.29) is 5.91 Å². The molecule has 2 unspecified atom stereocenters. The Labute approximate surface area is 110 Å². The molecule has 0 heterocycles. The van der Waals surface area contributed by atoms with Crippen LogP contribution in [0.2, 0.25) is 0 Å². The fourth-order valence-corrected chi connectivity index (χ4v) is 2.95. The van der Waals surface area contributed by atoms with Gasteiger partial charge in [-0.2, -0.15) is 0 Å². The first-order chi connectivity index (χ1) is 8.52. The molecule has 2 rings (SSSR count). The van der Waals surface area contributed by atoms with E-state index in [1.165, 1.54) is 16.7 Å². The molecule has 1 amide bonds. The van der Waals surface area contributed by atoms with Gasteiger partial charge in [0.1, 0.15) is 0 Å². The van der Waals surface area contributed by atoms with Crippen LogP contribution in [-0.4, -0.2) is 13.0 Å². The van der Waals surface area contributed by atoms with Crippen LogP contribution in [-0.2, 0) is 4.79 Å². The van der Waals surface area contributed by atoms with Gasteiger partial charge < -0.3 is 5.32 Å². The minimum absolute atomic E-state index is 0.148. The van der Waals surface area contributed by atoms with Crippen molar-refractivity contribution in [1.29, 1.82) is 0 Å². The quantitative estimate of drug-likeness (QED) is 0.867. The Morgan fingerprint density at radius 2 is 2.11 bits per heavy atom. The third-order valence-electron chi connectivity index (χ3n) is 4.10. The van der Waals surface area contributed by atoms with Crippen molar-refractivity contribution in [3.05, 3.63) is 34.9 Å². The number of fused-ring (bicyclic) bond motifs is 1. The molecule has 2 nitrogen and oxygen atoms in total. The molecule has 0 saturated heterocycles. The van der Waals surface area contributed by atoms with Gasteiger partial charge >= 0.3 is 0 Å². The second-order valence-corrected chi connectivity index (χ2v) is 5.75. The lowest BCUT2D eigenvalue weighted by Gasteiger charge is -2.13. The van der Waals surface area contributed by atoms with E-state index in [0.717, 1.165) is 6.42 Å². The number of benzene rings is 1. The van der Waals surface area contributed by atoms with Gasteiger partial charge in [-0.15, -0.1) is 0 Å². The maximum Gasteiger partial charge on any atom is 0.220 e.